The van der Waals surface area contributed by atoms with E-state index >= 15 is 0 Å². The minimum absolute atomic E-state index is 0.0779. The third kappa shape index (κ3) is 4.16. The first kappa shape index (κ1) is 21.7. The number of nitrogens with one attached hydrogen (secondary N) is 1. The van der Waals surface area contributed by atoms with Gasteiger partial charge in [0.15, 0.2) is 5.65 Å². The van der Waals surface area contributed by atoms with Gasteiger partial charge < -0.3 is 15.1 Å². The van der Waals surface area contributed by atoms with Crippen LogP contribution in [0.1, 0.15) is 15.9 Å². The van der Waals surface area contributed by atoms with Crippen LogP contribution < -0.4 is 10.2 Å². The summed E-state index contributed by atoms with van der Waals surface area (Å²) in [6.07, 6.45) is 3.31. The Morgan fingerprint density at radius 2 is 1.76 bits per heavy atom. The number of hydrogen-bond acceptors (Lipinski definition) is 5. The molecule has 1 fully saturated rings. The molecule has 7 nitrogen and oxygen atoms in total. The molecule has 3 heterocycles. The monoisotopic (exact) mass is 524 g/mol. The van der Waals surface area contributed by atoms with Crippen molar-refractivity contribution in [2.75, 3.05) is 36.4 Å². The van der Waals surface area contributed by atoms with Crippen molar-refractivity contribution in [3.8, 4) is 0 Å². The molecule has 0 saturated carbocycles. The summed E-state index contributed by atoms with van der Waals surface area (Å²) in [5.74, 6) is 0.518. The fourth-order valence-corrected chi connectivity index (χ4v) is 4.67. The molecule has 4 aromatic rings. The number of piperazine rings is 1. The Hall–Kier alpha value is -3.10. The standard InChI is InChI=1S/C24H22BrClN6O/c1-16-6-2-4-8-20(16)29-22-17(14-27-23-18(25)15-28-32(22)23)24(33)31-12-10-30(11-13-31)21-9-5-3-7-19(21)26/h2-9,14-15,29H,10-13H2,1H3. The minimum Gasteiger partial charge on any atom is -0.367 e. The van der Waals surface area contributed by atoms with Crippen LogP contribution in [0.3, 0.4) is 0 Å². The molecule has 2 aromatic heterocycles. The number of nitrogens with zero attached hydrogens (tertiary/aromatic N) is 5. The fourth-order valence-electron chi connectivity index (χ4n) is 4.05. The summed E-state index contributed by atoms with van der Waals surface area (Å²) >= 11 is 9.86. The molecule has 1 N–H and O–H groups in total. The molecule has 0 radical (unpaired) electrons. The molecule has 9 heteroatoms. The molecule has 0 unspecified atom stereocenters. The molecular formula is C24H22BrClN6O. The van der Waals surface area contributed by atoms with Crippen molar-refractivity contribution in [3.63, 3.8) is 0 Å². The largest absolute Gasteiger partial charge is 0.367 e. The maximum absolute atomic E-state index is 13.6. The van der Waals surface area contributed by atoms with E-state index in [1.54, 1.807) is 16.9 Å². The molecule has 168 valence electrons. The van der Waals surface area contributed by atoms with Crippen LogP contribution in [0.15, 0.2) is 65.4 Å². The van der Waals surface area contributed by atoms with Gasteiger partial charge in [-0.05, 0) is 46.6 Å². The Labute approximate surface area is 205 Å². The number of benzene rings is 2. The Morgan fingerprint density at radius 3 is 2.52 bits per heavy atom. The highest BCUT2D eigenvalue weighted by molar-refractivity contribution is 9.10. The Kier molecular flexibility index (Phi) is 5.95. The number of carbonyl (C=O) groups excluding carboxylic acids is 1. The van der Waals surface area contributed by atoms with Crippen LogP contribution in [-0.2, 0) is 0 Å². The van der Waals surface area contributed by atoms with Crippen LogP contribution in [0.25, 0.3) is 5.65 Å². The van der Waals surface area contributed by atoms with Gasteiger partial charge in [0.05, 0.1) is 21.4 Å². The maximum Gasteiger partial charge on any atom is 0.259 e. The Bertz CT molecular complexity index is 1330. The van der Waals surface area contributed by atoms with E-state index in [4.69, 9.17) is 11.6 Å². The quantitative estimate of drug-likeness (QED) is 0.399. The summed E-state index contributed by atoms with van der Waals surface area (Å²) in [5.41, 5.74) is 4.10. The lowest BCUT2D eigenvalue weighted by Crippen LogP contribution is -2.49. The first-order valence-corrected chi connectivity index (χ1v) is 11.8. The van der Waals surface area contributed by atoms with Crippen LogP contribution in [-0.4, -0.2) is 51.6 Å². The smallest absolute Gasteiger partial charge is 0.259 e. The van der Waals surface area contributed by atoms with Gasteiger partial charge in [-0.3, -0.25) is 4.79 Å². The molecule has 0 aliphatic carbocycles. The number of rotatable bonds is 4. The van der Waals surface area contributed by atoms with E-state index in [0.29, 0.717) is 43.2 Å². The maximum atomic E-state index is 13.6. The van der Waals surface area contributed by atoms with Crippen molar-refractivity contribution in [1.82, 2.24) is 19.5 Å². The average molecular weight is 526 g/mol. The summed E-state index contributed by atoms with van der Waals surface area (Å²) in [4.78, 5) is 22.2. The first-order valence-electron chi connectivity index (χ1n) is 10.7. The van der Waals surface area contributed by atoms with E-state index in [0.717, 1.165) is 26.4 Å². The average Bonchev–Trinajstić information content (AvgIpc) is 3.22. The number of hydrogen-bond donors (Lipinski definition) is 1. The third-order valence-electron chi connectivity index (χ3n) is 5.87. The van der Waals surface area contributed by atoms with Gasteiger partial charge in [-0.25, -0.2) is 4.98 Å². The number of anilines is 3. The van der Waals surface area contributed by atoms with E-state index < -0.39 is 0 Å². The van der Waals surface area contributed by atoms with Gasteiger partial charge in [-0.15, -0.1) is 0 Å². The van der Waals surface area contributed by atoms with Crippen molar-refractivity contribution in [2.24, 2.45) is 0 Å². The van der Waals surface area contributed by atoms with Crippen LogP contribution in [0, 0.1) is 6.92 Å². The number of aryl methyl sites for hydroxylation is 1. The lowest BCUT2D eigenvalue weighted by Gasteiger charge is -2.36. The predicted octanol–water partition coefficient (Wildman–Crippen LogP) is 5.16. The zero-order valence-corrected chi connectivity index (χ0v) is 20.3. The van der Waals surface area contributed by atoms with Crippen molar-refractivity contribution in [2.45, 2.75) is 6.92 Å². The van der Waals surface area contributed by atoms with Crippen LogP contribution in [0.5, 0.6) is 0 Å². The second-order valence-corrected chi connectivity index (χ2v) is 9.18. The fraction of sp³-hybridized carbons (Fsp3) is 0.208. The van der Waals surface area contributed by atoms with Gasteiger partial charge in [0.25, 0.3) is 5.91 Å². The van der Waals surface area contributed by atoms with Gasteiger partial charge in [-0.1, -0.05) is 41.9 Å². The van der Waals surface area contributed by atoms with Crippen molar-refractivity contribution in [3.05, 3.63) is 81.5 Å². The first-order chi connectivity index (χ1) is 16.0. The highest BCUT2D eigenvalue weighted by Crippen LogP contribution is 2.29. The van der Waals surface area contributed by atoms with Crippen LogP contribution in [0.4, 0.5) is 17.2 Å². The second-order valence-electron chi connectivity index (χ2n) is 7.92. The van der Waals surface area contributed by atoms with Gasteiger partial charge in [0.2, 0.25) is 0 Å². The molecule has 33 heavy (non-hydrogen) atoms. The summed E-state index contributed by atoms with van der Waals surface area (Å²) in [6.45, 7) is 4.62. The van der Waals surface area contributed by atoms with E-state index in [1.807, 2.05) is 60.4 Å². The molecule has 1 aliphatic rings. The van der Waals surface area contributed by atoms with E-state index in [9.17, 15) is 4.79 Å². The summed E-state index contributed by atoms with van der Waals surface area (Å²) in [6, 6.07) is 15.8. The molecule has 5 rings (SSSR count). The highest BCUT2D eigenvalue weighted by Gasteiger charge is 2.27. The van der Waals surface area contributed by atoms with Gasteiger partial charge in [0, 0.05) is 38.1 Å². The van der Waals surface area contributed by atoms with Crippen molar-refractivity contribution >= 4 is 56.3 Å². The number of aromatic nitrogens is 3. The zero-order valence-electron chi connectivity index (χ0n) is 18.0. The SMILES string of the molecule is Cc1ccccc1Nc1c(C(=O)N2CCN(c3ccccc3Cl)CC2)cnc2c(Br)cnn12. The van der Waals surface area contributed by atoms with Crippen molar-refractivity contribution < 1.29 is 4.79 Å². The lowest BCUT2D eigenvalue weighted by atomic mass is 10.1. The summed E-state index contributed by atoms with van der Waals surface area (Å²) in [7, 11) is 0. The van der Waals surface area contributed by atoms with E-state index in [1.165, 1.54) is 0 Å². The number of carbonyl (C=O) groups is 1. The van der Waals surface area contributed by atoms with Gasteiger partial charge in [0.1, 0.15) is 11.4 Å². The number of para-hydroxylation sites is 2. The highest BCUT2D eigenvalue weighted by atomic mass is 79.9. The molecular weight excluding hydrogens is 504 g/mol. The molecule has 2 aromatic carbocycles. The van der Waals surface area contributed by atoms with Crippen LogP contribution in [0.2, 0.25) is 5.02 Å². The predicted molar refractivity (Wildman–Crippen MR) is 135 cm³/mol. The van der Waals surface area contributed by atoms with Crippen molar-refractivity contribution in [1.29, 1.82) is 0 Å². The minimum atomic E-state index is -0.0779. The summed E-state index contributed by atoms with van der Waals surface area (Å²) < 4.78 is 2.44. The number of halogens is 2. The molecule has 0 spiro atoms. The Balaban J connectivity index is 1.44. The Morgan fingerprint density at radius 1 is 1.03 bits per heavy atom. The number of amides is 1. The second kappa shape index (κ2) is 9.03. The van der Waals surface area contributed by atoms with Gasteiger partial charge >= 0.3 is 0 Å². The molecule has 1 saturated heterocycles. The normalized spacial score (nSPS) is 14.0. The topological polar surface area (TPSA) is 65.8 Å². The molecule has 0 bridgehead atoms. The molecule has 0 atom stereocenters. The van der Waals surface area contributed by atoms with E-state index in [-0.39, 0.29) is 5.91 Å². The molecule has 1 amide bonds. The zero-order chi connectivity index (χ0) is 22.9. The lowest BCUT2D eigenvalue weighted by molar-refractivity contribution is 0.0747. The van der Waals surface area contributed by atoms with E-state index in [2.05, 4.69) is 36.2 Å². The summed E-state index contributed by atoms with van der Waals surface area (Å²) in [5, 5.41) is 8.59. The van der Waals surface area contributed by atoms with Crippen LogP contribution >= 0.6 is 27.5 Å². The van der Waals surface area contributed by atoms with Gasteiger partial charge in [-0.2, -0.15) is 9.61 Å². The number of fused-ring (bicyclic) bond motifs is 1. The molecule has 1 aliphatic heterocycles. The third-order valence-corrected chi connectivity index (χ3v) is 6.75.